The van der Waals surface area contributed by atoms with Gasteiger partial charge in [0.2, 0.25) is 5.91 Å². The molecule has 1 aliphatic rings. The highest BCUT2D eigenvalue weighted by Crippen LogP contribution is 2.26. The van der Waals surface area contributed by atoms with Crippen molar-refractivity contribution in [3.63, 3.8) is 0 Å². The molecule has 1 saturated heterocycles. The van der Waals surface area contributed by atoms with Crippen LogP contribution in [0.15, 0.2) is 134 Å². The van der Waals surface area contributed by atoms with Crippen LogP contribution in [0.25, 0.3) is 0 Å². The van der Waals surface area contributed by atoms with Crippen LogP contribution in [-0.4, -0.2) is 99.6 Å². The van der Waals surface area contributed by atoms with Crippen LogP contribution in [0.5, 0.6) is 0 Å². The quantitative estimate of drug-likeness (QED) is 0.0195. The van der Waals surface area contributed by atoms with Gasteiger partial charge < -0.3 is 45.1 Å². The van der Waals surface area contributed by atoms with E-state index in [2.05, 4.69) is 148 Å². The van der Waals surface area contributed by atoms with Gasteiger partial charge in [0.05, 0.1) is 25.4 Å². The van der Waals surface area contributed by atoms with Gasteiger partial charge in [-0.05, 0) is 122 Å². The van der Waals surface area contributed by atoms with E-state index in [1.165, 1.54) is 70.6 Å². The summed E-state index contributed by atoms with van der Waals surface area (Å²) < 4.78 is 17.6. The number of unbranched alkanes of at least 4 members (excludes halogenated alkanes) is 21. The minimum absolute atomic E-state index is 0.0832. The fourth-order valence-corrected chi connectivity index (χ4v) is 9.52. The molecule has 0 aromatic carbocycles. The molecule has 0 saturated carbocycles. The molecule has 478 valence electrons. The number of aliphatic hydroxyl groups excluding tert-OH is 5. The average Bonchev–Trinajstić information content (AvgIpc) is 3.65. The van der Waals surface area contributed by atoms with Crippen LogP contribution >= 0.6 is 0 Å². The number of hydrogen-bond donors (Lipinski definition) is 6. The van der Waals surface area contributed by atoms with Gasteiger partial charge in [-0.3, -0.25) is 9.59 Å². The summed E-state index contributed by atoms with van der Waals surface area (Å²) in [6, 6.07) is -1.05. The Morgan fingerprint density at radius 2 is 0.857 bits per heavy atom. The van der Waals surface area contributed by atoms with Crippen LogP contribution in [0, 0.1) is 0 Å². The zero-order valence-corrected chi connectivity index (χ0v) is 53.0. The predicted molar refractivity (Wildman–Crippen MR) is 351 cm³/mol. The van der Waals surface area contributed by atoms with Crippen molar-refractivity contribution in [2.24, 2.45) is 0 Å². The van der Waals surface area contributed by atoms with E-state index in [9.17, 15) is 35.1 Å². The third kappa shape index (κ3) is 46.1. The number of allylic oxidation sites excluding steroid dienone is 21. The second-order valence-electron chi connectivity index (χ2n) is 22.5. The number of aliphatic hydroxyl groups is 5. The van der Waals surface area contributed by atoms with E-state index in [1.807, 2.05) is 6.08 Å². The third-order valence-electron chi connectivity index (χ3n) is 14.8. The normalized spacial score (nSPS) is 19.4. The molecule has 84 heavy (non-hydrogen) atoms. The number of nitrogens with one attached hydrogen (secondary N) is 1. The zero-order chi connectivity index (χ0) is 61.0. The summed E-state index contributed by atoms with van der Waals surface area (Å²) >= 11 is 0. The summed E-state index contributed by atoms with van der Waals surface area (Å²) in [5, 5.41) is 57.1. The summed E-state index contributed by atoms with van der Waals surface area (Å²) in [6.07, 6.45) is 73.3. The van der Waals surface area contributed by atoms with Crippen LogP contribution in [0.2, 0.25) is 0 Å². The first kappa shape index (κ1) is 77.8. The number of carbonyl (C=O) groups is 2. The van der Waals surface area contributed by atoms with Crippen LogP contribution in [0.1, 0.15) is 252 Å². The van der Waals surface area contributed by atoms with Gasteiger partial charge in [0.25, 0.3) is 0 Å². The molecule has 0 aromatic heterocycles. The number of esters is 1. The molecule has 8 unspecified atom stereocenters. The van der Waals surface area contributed by atoms with Gasteiger partial charge in [0.15, 0.2) is 12.4 Å². The molecule has 0 spiro atoms. The summed E-state index contributed by atoms with van der Waals surface area (Å²) in [6.45, 7) is 5.62. The van der Waals surface area contributed by atoms with Gasteiger partial charge >= 0.3 is 5.97 Å². The van der Waals surface area contributed by atoms with E-state index in [4.69, 9.17) is 14.2 Å². The van der Waals surface area contributed by atoms with Gasteiger partial charge in [-0.15, -0.1) is 0 Å². The number of hydrogen-bond acceptors (Lipinski definition) is 10. The fraction of sp³-hybridized carbons (Fsp3) is 0.671. The Hall–Kier alpha value is -4.20. The maximum Gasteiger partial charge on any atom is 0.306 e. The highest BCUT2D eigenvalue weighted by atomic mass is 16.7. The molecule has 6 N–H and O–H groups in total. The Morgan fingerprint density at radius 3 is 1.31 bits per heavy atom. The SMILES string of the molecule is CC/C=C\C/C=C\C/C=C\C/C=C\C/C=C\C/C=C\CCCCCCC(=O)OC1C(OCC(NC(=O)C(O)CCCCCC/C=C\C/C=C\C/C=C\C/C=C\CCCCC)C(O)/C=C/CCCCCCCCCCCC)OC(CO)C(O)C1O. The average molecular weight is 1170 g/mol. The Morgan fingerprint density at radius 1 is 0.476 bits per heavy atom. The molecule has 1 amide bonds. The number of rotatable bonds is 55. The van der Waals surface area contributed by atoms with Gasteiger partial charge in [0.1, 0.15) is 24.4 Å². The molecule has 0 aromatic rings. The minimum Gasteiger partial charge on any atom is -0.454 e. The predicted octanol–water partition coefficient (Wildman–Crippen LogP) is 16.8. The first-order chi connectivity index (χ1) is 41.2. The maximum atomic E-state index is 13.5. The van der Waals surface area contributed by atoms with E-state index in [-0.39, 0.29) is 19.4 Å². The van der Waals surface area contributed by atoms with Crippen molar-refractivity contribution in [3.05, 3.63) is 134 Å². The standard InChI is InChI=1S/C73H121NO10/c1-4-7-10-13-16-19-22-25-27-29-31-33-34-35-37-39-41-43-46-49-52-55-58-61-68(78)84-71-70(80)69(79)67(62-75)83-73(71)82-63-64(65(76)59-56-53-50-47-44-24-21-18-15-12-9-6-3)74-72(81)66(77)60-57-54-51-48-45-42-40-38-36-32-30-28-26-23-20-17-14-11-8-5-2/h7,10,16-17,19-20,25-28,31-33,35-37,40-43,56,59,64-67,69-71,73,75-77,79-80H,4-6,8-9,11-15,18,21-24,29-30,34,38-39,44-55,57-58,60-63H2,1-3H3,(H,74,81)/b10-7-,19-16-,20-17-,27-25-,28-26-,33-31-,36-32-,37-35-,42-40-,43-41-,59-56+. The molecule has 1 rings (SSSR count). The van der Waals surface area contributed by atoms with Crippen molar-refractivity contribution in [2.45, 2.75) is 301 Å². The monoisotopic (exact) mass is 1170 g/mol. The van der Waals surface area contributed by atoms with Gasteiger partial charge in [-0.25, -0.2) is 0 Å². The second-order valence-corrected chi connectivity index (χ2v) is 22.5. The van der Waals surface area contributed by atoms with E-state index in [1.54, 1.807) is 6.08 Å². The number of ether oxygens (including phenoxy) is 3. The van der Waals surface area contributed by atoms with Crippen LogP contribution in [-0.2, 0) is 23.8 Å². The second kappa shape index (κ2) is 59.1. The highest BCUT2D eigenvalue weighted by Gasteiger charge is 2.47. The lowest BCUT2D eigenvalue weighted by Crippen LogP contribution is -2.61. The third-order valence-corrected chi connectivity index (χ3v) is 14.8. The summed E-state index contributed by atoms with van der Waals surface area (Å²) in [4.78, 5) is 26.6. The van der Waals surface area contributed by atoms with Crippen molar-refractivity contribution in [1.29, 1.82) is 0 Å². The smallest absolute Gasteiger partial charge is 0.306 e. The molecule has 0 bridgehead atoms. The topological polar surface area (TPSA) is 175 Å². The van der Waals surface area contributed by atoms with Crippen molar-refractivity contribution in [3.8, 4) is 0 Å². The van der Waals surface area contributed by atoms with Crippen molar-refractivity contribution < 1.29 is 49.3 Å². The fourth-order valence-electron chi connectivity index (χ4n) is 9.52. The Labute approximate surface area is 512 Å². The van der Waals surface area contributed by atoms with Gasteiger partial charge in [-0.1, -0.05) is 257 Å². The van der Waals surface area contributed by atoms with E-state index in [0.717, 1.165) is 135 Å². The Bertz CT molecular complexity index is 1880. The first-order valence-electron chi connectivity index (χ1n) is 33.5. The lowest BCUT2D eigenvalue weighted by atomic mass is 9.99. The van der Waals surface area contributed by atoms with Crippen LogP contribution in [0.3, 0.4) is 0 Å². The molecular formula is C73H121NO10. The molecule has 0 aliphatic carbocycles. The van der Waals surface area contributed by atoms with Crippen LogP contribution < -0.4 is 5.32 Å². The van der Waals surface area contributed by atoms with Gasteiger partial charge in [0, 0.05) is 6.42 Å². The number of carbonyl (C=O) groups excluding carboxylic acids is 2. The largest absolute Gasteiger partial charge is 0.454 e. The van der Waals surface area contributed by atoms with Crippen molar-refractivity contribution in [2.75, 3.05) is 13.2 Å². The minimum atomic E-state index is -1.64. The highest BCUT2D eigenvalue weighted by molar-refractivity contribution is 5.80. The van der Waals surface area contributed by atoms with E-state index in [0.29, 0.717) is 12.8 Å². The summed E-state index contributed by atoms with van der Waals surface area (Å²) in [7, 11) is 0. The van der Waals surface area contributed by atoms with Gasteiger partial charge in [-0.2, -0.15) is 0 Å². The lowest BCUT2D eigenvalue weighted by molar-refractivity contribution is -0.305. The summed E-state index contributed by atoms with van der Waals surface area (Å²) in [5.74, 6) is -1.25. The Kier molecular flexibility index (Phi) is 54.8. The molecular weight excluding hydrogens is 1050 g/mol. The lowest BCUT2D eigenvalue weighted by Gasteiger charge is -2.41. The first-order valence-corrected chi connectivity index (χ1v) is 33.5. The zero-order valence-electron chi connectivity index (χ0n) is 53.0. The summed E-state index contributed by atoms with van der Waals surface area (Å²) in [5.41, 5.74) is 0. The molecule has 11 nitrogen and oxygen atoms in total. The van der Waals surface area contributed by atoms with Crippen LogP contribution in [0.4, 0.5) is 0 Å². The molecule has 8 atom stereocenters. The van der Waals surface area contributed by atoms with E-state index < -0.39 is 67.4 Å². The molecule has 1 heterocycles. The maximum absolute atomic E-state index is 13.5. The molecule has 1 aliphatic heterocycles. The Balaban J connectivity index is 2.68. The number of amides is 1. The molecule has 1 fully saturated rings. The molecule has 0 radical (unpaired) electrons. The van der Waals surface area contributed by atoms with Crippen molar-refractivity contribution in [1.82, 2.24) is 5.32 Å². The van der Waals surface area contributed by atoms with Crippen molar-refractivity contribution >= 4 is 11.9 Å². The molecule has 11 heteroatoms. The van der Waals surface area contributed by atoms with E-state index >= 15 is 0 Å².